The Balaban J connectivity index is 2.14. The quantitative estimate of drug-likeness (QED) is 0.843. The Bertz CT molecular complexity index is 498. The second kappa shape index (κ2) is 4.40. The summed E-state index contributed by atoms with van der Waals surface area (Å²) in [6.07, 6.45) is 7.80. The number of rotatable bonds is 2. The van der Waals surface area contributed by atoms with Gasteiger partial charge in [0.25, 0.3) is 0 Å². The Kier molecular flexibility index (Phi) is 2.99. The van der Waals surface area contributed by atoms with Gasteiger partial charge in [0.1, 0.15) is 0 Å². The fourth-order valence-corrected chi connectivity index (χ4v) is 3.75. The molecule has 0 aliphatic heterocycles. The summed E-state index contributed by atoms with van der Waals surface area (Å²) < 4.78 is 0. The molecule has 1 spiro atoms. The van der Waals surface area contributed by atoms with Crippen molar-refractivity contribution in [2.75, 3.05) is 7.05 Å². The highest BCUT2D eigenvalue weighted by Crippen LogP contribution is 2.51. The van der Waals surface area contributed by atoms with Gasteiger partial charge in [0.05, 0.1) is 0 Å². The normalized spacial score (nSPS) is 22.1. The highest BCUT2D eigenvalue weighted by Gasteiger charge is 2.40. The standard InChI is InChI=1S/C16H20ClN/c1-11(18-2)14-10-16(7-3-4-8-16)15-6-5-12(17)9-13(14)15/h5-6,9-11,18H,3-4,7-8H2,1-2H3. The number of allylic oxidation sites excluding steroid dienone is 1. The van der Waals surface area contributed by atoms with Crippen molar-refractivity contribution >= 4 is 17.2 Å². The van der Waals surface area contributed by atoms with Crippen LogP contribution >= 0.6 is 11.6 Å². The molecule has 1 unspecified atom stereocenters. The number of halogens is 1. The third kappa shape index (κ3) is 1.72. The van der Waals surface area contributed by atoms with Crippen LogP contribution in [-0.2, 0) is 5.41 Å². The van der Waals surface area contributed by atoms with Gasteiger partial charge in [-0.2, -0.15) is 0 Å². The number of fused-ring (bicyclic) bond motifs is 2. The Morgan fingerprint density at radius 1 is 1.28 bits per heavy atom. The molecule has 0 amide bonds. The topological polar surface area (TPSA) is 12.0 Å². The number of hydrogen-bond donors (Lipinski definition) is 1. The highest BCUT2D eigenvalue weighted by atomic mass is 35.5. The molecule has 0 saturated heterocycles. The van der Waals surface area contributed by atoms with Crippen LogP contribution < -0.4 is 5.32 Å². The minimum Gasteiger partial charge on any atom is -0.313 e. The van der Waals surface area contributed by atoms with Gasteiger partial charge in [-0.3, -0.25) is 0 Å². The van der Waals surface area contributed by atoms with E-state index < -0.39 is 0 Å². The van der Waals surface area contributed by atoms with E-state index in [0.29, 0.717) is 11.5 Å². The van der Waals surface area contributed by atoms with E-state index >= 15 is 0 Å². The molecule has 0 bridgehead atoms. The first-order valence-corrected chi connectivity index (χ1v) is 7.24. The van der Waals surface area contributed by atoms with E-state index in [9.17, 15) is 0 Å². The van der Waals surface area contributed by atoms with E-state index in [1.807, 2.05) is 13.1 Å². The predicted octanol–water partition coefficient (Wildman–Crippen LogP) is 4.16. The molecular weight excluding hydrogens is 242 g/mol. The lowest BCUT2D eigenvalue weighted by Gasteiger charge is -2.22. The fourth-order valence-electron chi connectivity index (χ4n) is 3.58. The van der Waals surface area contributed by atoms with E-state index in [0.717, 1.165) is 5.02 Å². The zero-order chi connectivity index (χ0) is 12.8. The molecule has 1 aromatic rings. The van der Waals surface area contributed by atoms with E-state index in [-0.39, 0.29) is 0 Å². The molecule has 0 radical (unpaired) electrons. The Morgan fingerprint density at radius 2 is 2.00 bits per heavy atom. The predicted molar refractivity (Wildman–Crippen MR) is 78.1 cm³/mol. The van der Waals surface area contributed by atoms with Crippen molar-refractivity contribution in [1.82, 2.24) is 5.32 Å². The van der Waals surface area contributed by atoms with Crippen LogP contribution in [0.2, 0.25) is 5.02 Å². The first kappa shape index (κ1) is 12.3. The Labute approximate surface area is 114 Å². The molecule has 2 heteroatoms. The van der Waals surface area contributed by atoms with E-state index in [4.69, 9.17) is 11.6 Å². The maximum atomic E-state index is 6.18. The summed E-state index contributed by atoms with van der Waals surface area (Å²) >= 11 is 6.18. The van der Waals surface area contributed by atoms with Crippen molar-refractivity contribution < 1.29 is 0 Å². The summed E-state index contributed by atoms with van der Waals surface area (Å²) in [5, 5.41) is 4.21. The molecular formula is C16H20ClN. The number of hydrogen-bond acceptors (Lipinski definition) is 1. The van der Waals surface area contributed by atoms with Gasteiger partial charge in [-0.25, -0.2) is 0 Å². The van der Waals surface area contributed by atoms with Crippen LogP contribution in [0.15, 0.2) is 24.3 Å². The summed E-state index contributed by atoms with van der Waals surface area (Å²) in [7, 11) is 2.02. The van der Waals surface area contributed by atoms with Crippen LogP contribution in [0.1, 0.15) is 43.7 Å². The summed E-state index contributed by atoms with van der Waals surface area (Å²) in [5.74, 6) is 0. The molecule has 1 nitrogen and oxygen atoms in total. The van der Waals surface area contributed by atoms with Gasteiger partial charge in [0.2, 0.25) is 0 Å². The minimum atomic E-state index is 0.306. The molecule has 3 rings (SSSR count). The Morgan fingerprint density at radius 3 is 2.67 bits per heavy atom. The number of benzene rings is 1. The van der Waals surface area contributed by atoms with Crippen molar-refractivity contribution in [2.45, 2.75) is 44.1 Å². The van der Waals surface area contributed by atoms with Gasteiger partial charge >= 0.3 is 0 Å². The van der Waals surface area contributed by atoms with Gasteiger partial charge in [-0.15, -0.1) is 0 Å². The number of likely N-dealkylation sites (N-methyl/N-ethyl adjacent to an activating group) is 1. The number of nitrogens with one attached hydrogen (secondary N) is 1. The minimum absolute atomic E-state index is 0.306. The third-order valence-electron chi connectivity index (χ3n) is 4.66. The maximum Gasteiger partial charge on any atom is 0.0412 e. The molecule has 1 fully saturated rings. The molecule has 96 valence electrons. The smallest absolute Gasteiger partial charge is 0.0412 e. The molecule has 2 aliphatic carbocycles. The lowest BCUT2D eigenvalue weighted by atomic mass is 9.81. The molecule has 0 heterocycles. The summed E-state index contributed by atoms with van der Waals surface area (Å²) in [6.45, 7) is 2.23. The van der Waals surface area contributed by atoms with Crippen LogP contribution in [-0.4, -0.2) is 13.1 Å². The molecule has 1 aromatic carbocycles. The SMILES string of the molecule is CNC(C)C1=CC2(CCCC2)c2ccc(Cl)cc21. The highest BCUT2D eigenvalue weighted by molar-refractivity contribution is 6.30. The van der Waals surface area contributed by atoms with Gasteiger partial charge in [0.15, 0.2) is 0 Å². The zero-order valence-corrected chi connectivity index (χ0v) is 11.8. The second-order valence-corrected chi connectivity index (χ2v) is 6.10. The lowest BCUT2D eigenvalue weighted by Crippen LogP contribution is -2.22. The molecule has 1 atom stereocenters. The van der Waals surface area contributed by atoms with Crippen LogP contribution in [0.5, 0.6) is 0 Å². The lowest BCUT2D eigenvalue weighted by molar-refractivity contribution is 0.567. The van der Waals surface area contributed by atoms with Crippen LogP contribution in [0.4, 0.5) is 0 Å². The van der Waals surface area contributed by atoms with Crippen LogP contribution in [0.3, 0.4) is 0 Å². The van der Waals surface area contributed by atoms with E-state index in [1.54, 1.807) is 0 Å². The fraction of sp³-hybridized carbons (Fsp3) is 0.500. The molecule has 2 aliphatic rings. The molecule has 1 saturated carbocycles. The van der Waals surface area contributed by atoms with Crippen LogP contribution in [0.25, 0.3) is 5.57 Å². The monoisotopic (exact) mass is 261 g/mol. The van der Waals surface area contributed by atoms with Crippen molar-refractivity contribution in [1.29, 1.82) is 0 Å². The first-order chi connectivity index (χ1) is 8.66. The summed E-state index contributed by atoms with van der Waals surface area (Å²) in [6, 6.07) is 6.82. The van der Waals surface area contributed by atoms with E-state index in [2.05, 4.69) is 30.4 Å². The average molecular weight is 262 g/mol. The van der Waals surface area contributed by atoms with Crippen LogP contribution in [0, 0.1) is 0 Å². The maximum absolute atomic E-state index is 6.18. The van der Waals surface area contributed by atoms with E-state index in [1.165, 1.54) is 42.4 Å². The first-order valence-electron chi connectivity index (χ1n) is 6.87. The van der Waals surface area contributed by atoms with Gasteiger partial charge < -0.3 is 5.32 Å². The van der Waals surface area contributed by atoms with Gasteiger partial charge in [-0.1, -0.05) is 36.6 Å². The van der Waals surface area contributed by atoms with Gasteiger partial charge in [0, 0.05) is 16.5 Å². The van der Waals surface area contributed by atoms with Crippen molar-refractivity contribution in [3.05, 3.63) is 40.4 Å². The van der Waals surface area contributed by atoms with Crippen molar-refractivity contribution in [3.63, 3.8) is 0 Å². The third-order valence-corrected chi connectivity index (χ3v) is 4.89. The molecule has 1 N–H and O–H groups in total. The molecule has 0 aromatic heterocycles. The largest absolute Gasteiger partial charge is 0.313 e. The Hall–Kier alpha value is -0.790. The van der Waals surface area contributed by atoms with Crippen molar-refractivity contribution in [3.8, 4) is 0 Å². The summed E-state index contributed by atoms with van der Waals surface area (Å²) in [5.41, 5.74) is 4.60. The molecule has 18 heavy (non-hydrogen) atoms. The summed E-state index contributed by atoms with van der Waals surface area (Å²) in [4.78, 5) is 0. The average Bonchev–Trinajstić information content (AvgIpc) is 2.96. The van der Waals surface area contributed by atoms with Crippen molar-refractivity contribution in [2.24, 2.45) is 0 Å². The van der Waals surface area contributed by atoms with Gasteiger partial charge in [-0.05, 0) is 55.6 Å². The zero-order valence-electron chi connectivity index (χ0n) is 11.1. The second-order valence-electron chi connectivity index (χ2n) is 5.66.